The Balaban J connectivity index is 2.09. The van der Waals surface area contributed by atoms with E-state index in [4.69, 9.17) is 9.47 Å². The van der Waals surface area contributed by atoms with E-state index in [2.05, 4.69) is 0 Å². The maximum atomic E-state index is 12.1. The van der Waals surface area contributed by atoms with Crippen molar-refractivity contribution in [1.82, 2.24) is 0 Å². The van der Waals surface area contributed by atoms with E-state index >= 15 is 0 Å². The molecular weight excluding hydrogens is 232 g/mol. The first-order valence-electron chi connectivity index (χ1n) is 6.09. The number of carbonyl (C=O) groups excluding carboxylic acids is 2. The lowest BCUT2D eigenvalue weighted by Gasteiger charge is -2.44. The van der Waals surface area contributed by atoms with Crippen molar-refractivity contribution in [3.63, 3.8) is 0 Å². The van der Waals surface area contributed by atoms with E-state index in [-0.39, 0.29) is 11.4 Å². The number of hydrogen-bond acceptors (Lipinski definition) is 4. The van der Waals surface area contributed by atoms with Crippen LogP contribution in [0.3, 0.4) is 0 Å². The Labute approximate surface area is 105 Å². The largest absolute Gasteiger partial charge is 0.485 e. The van der Waals surface area contributed by atoms with Gasteiger partial charge in [0, 0.05) is 0 Å². The van der Waals surface area contributed by atoms with Gasteiger partial charge in [-0.15, -0.1) is 0 Å². The van der Waals surface area contributed by atoms with Gasteiger partial charge >= 0.3 is 5.97 Å². The maximum absolute atomic E-state index is 12.1. The van der Waals surface area contributed by atoms with Crippen LogP contribution in [0.1, 0.15) is 46.4 Å². The van der Waals surface area contributed by atoms with E-state index in [1.165, 1.54) is 7.11 Å². The minimum atomic E-state index is -0.462. The lowest BCUT2D eigenvalue weighted by Crippen LogP contribution is -2.48. The van der Waals surface area contributed by atoms with Crippen molar-refractivity contribution in [1.29, 1.82) is 0 Å². The van der Waals surface area contributed by atoms with Crippen LogP contribution in [0, 0.1) is 0 Å². The number of rotatable bonds is 1. The second-order valence-corrected chi connectivity index (χ2v) is 4.91. The molecule has 4 heteroatoms. The van der Waals surface area contributed by atoms with Gasteiger partial charge < -0.3 is 9.47 Å². The summed E-state index contributed by atoms with van der Waals surface area (Å²) in [4.78, 5) is 23.8. The van der Waals surface area contributed by atoms with Gasteiger partial charge in [-0.2, -0.15) is 0 Å². The predicted octanol–water partition coefficient (Wildman–Crippen LogP) is 2.36. The fraction of sp³-hybridized carbons (Fsp3) is 0.429. The Morgan fingerprint density at radius 2 is 2.17 bits per heavy atom. The van der Waals surface area contributed by atoms with E-state index in [0.717, 1.165) is 19.3 Å². The van der Waals surface area contributed by atoms with Gasteiger partial charge in [-0.25, -0.2) is 4.79 Å². The highest BCUT2D eigenvalue weighted by Gasteiger charge is 2.46. The van der Waals surface area contributed by atoms with Crippen LogP contribution in [0.15, 0.2) is 18.2 Å². The lowest BCUT2D eigenvalue weighted by molar-refractivity contribution is -0.0186. The minimum absolute atomic E-state index is 0.0571. The molecule has 94 valence electrons. The number of para-hydroxylation sites is 1. The maximum Gasteiger partial charge on any atom is 0.341 e. The van der Waals surface area contributed by atoms with Crippen LogP contribution in [-0.2, 0) is 4.74 Å². The highest BCUT2D eigenvalue weighted by molar-refractivity contribution is 6.04. The SMILES string of the molecule is COC(=O)c1cccc2c1OC1(CCC1)CC2=O. The summed E-state index contributed by atoms with van der Waals surface area (Å²) in [5.74, 6) is -0.00183. The van der Waals surface area contributed by atoms with E-state index < -0.39 is 5.97 Å². The number of esters is 1. The fourth-order valence-corrected chi connectivity index (χ4v) is 2.63. The Morgan fingerprint density at radius 3 is 2.78 bits per heavy atom. The smallest absolute Gasteiger partial charge is 0.341 e. The topological polar surface area (TPSA) is 52.6 Å². The molecule has 1 fully saturated rings. The first-order valence-corrected chi connectivity index (χ1v) is 6.09. The van der Waals surface area contributed by atoms with Crippen molar-refractivity contribution >= 4 is 11.8 Å². The summed E-state index contributed by atoms with van der Waals surface area (Å²) in [6.07, 6.45) is 3.26. The summed E-state index contributed by atoms with van der Waals surface area (Å²) in [5.41, 5.74) is 0.471. The summed E-state index contributed by atoms with van der Waals surface area (Å²) >= 11 is 0. The number of fused-ring (bicyclic) bond motifs is 1. The van der Waals surface area contributed by atoms with Gasteiger partial charge in [0.05, 0.1) is 19.1 Å². The predicted molar refractivity (Wildman–Crippen MR) is 63.9 cm³/mol. The molecule has 1 aliphatic heterocycles. The van der Waals surface area contributed by atoms with Gasteiger partial charge in [0.2, 0.25) is 0 Å². The van der Waals surface area contributed by atoms with Gasteiger partial charge in [0.15, 0.2) is 5.78 Å². The summed E-state index contributed by atoms with van der Waals surface area (Å²) in [7, 11) is 1.32. The highest BCUT2D eigenvalue weighted by Crippen LogP contribution is 2.46. The zero-order valence-electron chi connectivity index (χ0n) is 10.2. The van der Waals surface area contributed by atoms with E-state index in [0.29, 0.717) is 23.3 Å². The molecule has 1 spiro atoms. The fourth-order valence-electron chi connectivity index (χ4n) is 2.63. The van der Waals surface area contributed by atoms with Crippen molar-refractivity contribution < 1.29 is 19.1 Å². The van der Waals surface area contributed by atoms with Gasteiger partial charge in [0.1, 0.15) is 16.9 Å². The summed E-state index contributed by atoms with van der Waals surface area (Å²) < 4.78 is 10.7. The summed E-state index contributed by atoms with van der Waals surface area (Å²) in [5, 5.41) is 0. The second kappa shape index (κ2) is 3.83. The molecule has 0 unspecified atom stereocenters. The molecule has 1 aliphatic carbocycles. The van der Waals surface area contributed by atoms with E-state index in [1.54, 1.807) is 18.2 Å². The van der Waals surface area contributed by atoms with E-state index in [1.807, 2.05) is 0 Å². The van der Waals surface area contributed by atoms with Crippen molar-refractivity contribution in [3.8, 4) is 5.75 Å². The number of carbonyl (C=O) groups is 2. The second-order valence-electron chi connectivity index (χ2n) is 4.91. The van der Waals surface area contributed by atoms with Crippen molar-refractivity contribution in [2.75, 3.05) is 7.11 Å². The molecular formula is C14H14O4. The van der Waals surface area contributed by atoms with Crippen LogP contribution in [0.5, 0.6) is 5.75 Å². The van der Waals surface area contributed by atoms with Crippen molar-refractivity contribution in [2.45, 2.75) is 31.3 Å². The number of methoxy groups -OCH3 is 1. The molecule has 1 aromatic carbocycles. The standard InChI is InChI=1S/C14H14O4/c1-17-13(16)10-5-2-4-9-11(15)8-14(6-3-7-14)18-12(9)10/h2,4-5H,3,6-8H2,1H3. The van der Waals surface area contributed by atoms with Crippen LogP contribution >= 0.6 is 0 Å². The van der Waals surface area contributed by atoms with Crippen LogP contribution < -0.4 is 4.74 Å². The molecule has 3 rings (SSSR count). The number of hydrogen-bond donors (Lipinski definition) is 0. The normalized spacial score (nSPS) is 19.7. The molecule has 0 radical (unpaired) electrons. The molecule has 0 amide bonds. The van der Waals surface area contributed by atoms with Gasteiger partial charge in [-0.1, -0.05) is 6.07 Å². The van der Waals surface area contributed by atoms with E-state index in [9.17, 15) is 9.59 Å². The monoisotopic (exact) mass is 246 g/mol. The number of ketones is 1. The third kappa shape index (κ3) is 1.52. The molecule has 0 saturated heterocycles. The molecule has 0 N–H and O–H groups in total. The molecule has 18 heavy (non-hydrogen) atoms. The molecule has 1 heterocycles. The first-order chi connectivity index (χ1) is 8.65. The number of benzene rings is 1. The van der Waals surface area contributed by atoms with Gasteiger partial charge in [0.25, 0.3) is 0 Å². The number of Topliss-reactive ketones (excluding diaryl/α,β-unsaturated/α-hetero) is 1. The van der Waals surface area contributed by atoms with Crippen LogP contribution in [-0.4, -0.2) is 24.5 Å². The summed E-state index contributed by atoms with van der Waals surface area (Å²) in [6.45, 7) is 0. The highest BCUT2D eigenvalue weighted by atomic mass is 16.5. The third-order valence-corrected chi connectivity index (χ3v) is 3.79. The Bertz CT molecular complexity index is 529. The number of ether oxygens (including phenoxy) is 2. The van der Waals surface area contributed by atoms with Crippen LogP contribution in [0.4, 0.5) is 0 Å². The zero-order chi connectivity index (χ0) is 12.8. The molecule has 1 saturated carbocycles. The minimum Gasteiger partial charge on any atom is -0.485 e. The third-order valence-electron chi connectivity index (χ3n) is 3.79. The van der Waals surface area contributed by atoms with Crippen LogP contribution in [0.25, 0.3) is 0 Å². The molecule has 2 aliphatic rings. The van der Waals surface area contributed by atoms with Crippen molar-refractivity contribution in [2.24, 2.45) is 0 Å². The molecule has 1 aromatic rings. The zero-order valence-corrected chi connectivity index (χ0v) is 10.2. The van der Waals surface area contributed by atoms with Gasteiger partial charge in [-0.3, -0.25) is 4.79 Å². The Kier molecular flexibility index (Phi) is 2.40. The van der Waals surface area contributed by atoms with Crippen molar-refractivity contribution in [3.05, 3.63) is 29.3 Å². The molecule has 0 aromatic heterocycles. The van der Waals surface area contributed by atoms with Crippen LogP contribution in [0.2, 0.25) is 0 Å². The molecule has 4 nitrogen and oxygen atoms in total. The molecule has 0 bridgehead atoms. The van der Waals surface area contributed by atoms with Gasteiger partial charge in [-0.05, 0) is 31.4 Å². The Morgan fingerprint density at radius 1 is 1.39 bits per heavy atom. The average molecular weight is 246 g/mol. The summed E-state index contributed by atoms with van der Waals surface area (Å²) in [6, 6.07) is 5.02. The average Bonchev–Trinajstić information content (AvgIpc) is 2.35. The lowest BCUT2D eigenvalue weighted by atomic mass is 9.74. The quantitative estimate of drug-likeness (QED) is 0.714. The first kappa shape index (κ1) is 11.3. The molecule has 0 atom stereocenters. The Hall–Kier alpha value is -1.84.